The Morgan fingerprint density at radius 3 is 2.55 bits per heavy atom. The zero-order valence-corrected chi connectivity index (χ0v) is 19.4. The Labute approximate surface area is 194 Å². The highest BCUT2D eigenvalue weighted by Gasteiger charge is 2.24. The molecule has 33 heavy (non-hydrogen) atoms. The van der Waals surface area contributed by atoms with Gasteiger partial charge in [-0.2, -0.15) is 0 Å². The quantitative estimate of drug-likeness (QED) is 0.601. The van der Waals surface area contributed by atoms with E-state index < -0.39 is 0 Å². The maximum Gasteiger partial charge on any atom is 0.149 e. The number of aromatic nitrogens is 4. The molecule has 1 saturated carbocycles. The number of benzene rings is 1. The average Bonchev–Trinajstić information content (AvgIpc) is 2.86. The molecule has 0 unspecified atom stereocenters. The zero-order chi connectivity index (χ0) is 22.6. The first-order chi connectivity index (χ1) is 16.2. The number of nitrogens with one attached hydrogen (secondary N) is 1. The van der Waals surface area contributed by atoms with Crippen molar-refractivity contribution in [3.63, 3.8) is 0 Å². The molecule has 5 rings (SSSR count). The topological polar surface area (TPSA) is 85.3 Å². The van der Waals surface area contributed by atoms with Crippen LogP contribution in [-0.4, -0.2) is 58.4 Å². The first-order valence-corrected chi connectivity index (χ1v) is 12.0. The molecule has 0 spiro atoms. The average molecular weight is 449 g/mol. The van der Waals surface area contributed by atoms with E-state index in [0.717, 1.165) is 86.0 Å². The number of ether oxygens (including phenoxy) is 2. The van der Waals surface area contributed by atoms with Crippen molar-refractivity contribution in [3.8, 4) is 5.75 Å². The van der Waals surface area contributed by atoms with Crippen LogP contribution < -0.4 is 15.0 Å². The molecule has 3 aromatic rings. The van der Waals surface area contributed by atoms with Gasteiger partial charge < -0.3 is 19.7 Å². The summed E-state index contributed by atoms with van der Waals surface area (Å²) in [5, 5.41) is 3.59. The molecule has 0 bridgehead atoms. The van der Waals surface area contributed by atoms with Crippen molar-refractivity contribution in [2.75, 3.05) is 36.5 Å². The highest BCUT2D eigenvalue weighted by molar-refractivity contribution is 5.85. The number of hydrogen-bond acceptors (Lipinski definition) is 8. The van der Waals surface area contributed by atoms with Crippen LogP contribution in [-0.2, 0) is 4.74 Å². The second-order valence-corrected chi connectivity index (χ2v) is 9.19. The van der Waals surface area contributed by atoms with E-state index in [4.69, 9.17) is 9.47 Å². The van der Waals surface area contributed by atoms with Gasteiger partial charge in [0.05, 0.1) is 24.8 Å². The van der Waals surface area contributed by atoms with Gasteiger partial charge in [-0.1, -0.05) is 13.8 Å². The van der Waals surface area contributed by atoms with Crippen molar-refractivity contribution in [1.29, 1.82) is 0 Å². The fraction of sp³-hybridized carbons (Fsp3) is 0.520. The second kappa shape index (κ2) is 9.87. The highest BCUT2D eigenvalue weighted by atomic mass is 16.5. The van der Waals surface area contributed by atoms with E-state index in [1.54, 1.807) is 18.7 Å². The molecule has 1 saturated heterocycles. The minimum atomic E-state index is 0.171. The van der Waals surface area contributed by atoms with Crippen molar-refractivity contribution in [2.24, 2.45) is 0 Å². The van der Waals surface area contributed by atoms with E-state index in [-0.39, 0.29) is 6.10 Å². The molecule has 1 aliphatic carbocycles. The van der Waals surface area contributed by atoms with Gasteiger partial charge in [0.15, 0.2) is 0 Å². The van der Waals surface area contributed by atoms with Gasteiger partial charge in [-0.15, -0.1) is 0 Å². The summed E-state index contributed by atoms with van der Waals surface area (Å²) in [5.41, 5.74) is 3.90. The number of morpholine rings is 1. The van der Waals surface area contributed by atoms with Gasteiger partial charge >= 0.3 is 0 Å². The van der Waals surface area contributed by atoms with Crippen LogP contribution in [0.3, 0.4) is 0 Å². The number of fused-ring (bicyclic) bond motifs is 1. The molecule has 8 nitrogen and oxygen atoms in total. The Morgan fingerprint density at radius 2 is 1.76 bits per heavy atom. The minimum absolute atomic E-state index is 0.171. The molecule has 0 amide bonds. The van der Waals surface area contributed by atoms with Gasteiger partial charge in [-0.05, 0) is 37.7 Å². The Morgan fingerprint density at radius 1 is 0.970 bits per heavy atom. The van der Waals surface area contributed by atoms with Crippen LogP contribution in [0.4, 0.5) is 11.5 Å². The Balaban J connectivity index is 1.26. The fourth-order valence-electron chi connectivity index (χ4n) is 4.60. The lowest BCUT2D eigenvalue weighted by Gasteiger charge is -2.31. The van der Waals surface area contributed by atoms with Gasteiger partial charge in [0.2, 0.25) is 0 Å². The third kappa shape index (κ3) is 5.16. The molecule has 174 valence electrons. The maximum absolute atomic E-state index is 6.54. The van der Waals surface area contributed by atoms with Crippen LogP contribution in [0.2, 0.25) is 0 Å². The van der Waals surface area contributed by atoms with Gasteiger partial charge in [0.25, 0.3) is 0 Å². The molecule has 0 atom stereocenters. The molecule has 1 aromatic carbocycles. The zero-order valence-electron chi connectivity index (χ0n) is 19.4. The van der Waals surface area contributed by atoms with E-state index in [2.05, 4.69) is 62.2 Å². The Bertz CT molecular complexity index is 1080. The third-order valence-corrected chi connectivity index (χ3v) is 6.50. The molecule has 1 aliphatic heterocycles. The number of hydrogen-bond donors (Lipinski definition) is 1. The van der Waals surface area contributed by atoms with Crippen molar-refractivity contribution >= 4 is 22.5 Å². The van der Waals surface area contributed by atoms with E-state index in [1.165, 1.54) is 0 Å². The SMILES string of the molecule is CC(C)c1cc(N[C@H]2CC[C@@H](Oc3cc(N4CCOCC4)cc4nccnc34)CC2)ncn1. The summed E-state index contributed by atoms with van der Waals surface area (Å²) in [6.45, 7) is 7.55. The van der Waals surface area contributed by atoms with Crippen LogP contribution in [0.1, 0.15) is 51.1 Å². The molecular weight excluding hydrogens is 416 g/mol. The van der Waals surface area contributed by atoms with Crippen LogP contribution in [0.15, 0.2) is 36.9 Å². The molecule has 8 heteroatoms. The summed E-state index contributed by atoms with van der Waals surface area (Å²) >= 11 is 0. The minimum Gasteiger partial charge on any atom is -0.488 e. The lowest BCUT2D eigenvalue weighted by molar-refractivity contribution is 0.122. The normalized spacial score (nSPS) is 21.4. The van der Waals surface area contributed by atoms with Gasteiger partial charge in [0, 0.05) is 55.0 Å². The van der Waals surface area contributed by atoms with Crippen LogP contribution in [0.25, 0.3) is 11.0 Å². The summed E-state index contributed by atoms with van der Waals surface area (Å²) < 4.78 is 12.1. The molecule has 0 radical (unpaired) electrons. The largest absolute Gasteiger partial charge is 0.488 e. The molecule has 2 aliphatic rings. The smallest absolute Gasteiger partial charge is 0.149 e. The summed E-state index contributed by atoms with van der Waals surface area (Å²) in [7, 11) is 0. The lowest BCUT2D eigenvalue weighted by atomic mass is 9.93. The van der Waals surface area contributed by atoms with Crippen molar-refractivity contribution < 1.29 is 9.47 Å². The molecular formula is C25H32N6O2. The van der Waals surface area contributed by atoms with Gasteiger partial charge in [-0.25, -0.2) is 15.0 Å². The van der Waals surface area contributed by atoms with Crippen LogP contribution >= 0.6 is 0 Å². The third-order valence-electron chi connectivity index (χ3n) is 6.50. The number of anilines is 2. The molecule has 1 N–H and O–H groups in total. The molecule has 3 heterocycles. The Kier molecular flexibility index (Phi) is 6.53. The molecule has 2 aromatic heterocycles. The predicted molar refractivity (Wildman–Crippen MR) is 129 cm³/mol. The first kappa shape index (κ1) is 21.8. The highest BCUT2D eigenvalue weighted by Crippen LogP contribution is 2.33. The van der Waals surface area contributed by atoms with Crippen molar-refractivity contribution in [1.82, 2.24) is 19.9 Å². The lowest BCUT2D eigenvalue weighted by Crippen LogP contribution is -2.36. The summed E-state index contributed by atoms with van der Waals surface area (Å²) in [6.07, 6.45) is 9.36. The maximum atomic E-state index is 6.54. The van der Waals surface area contributed by atoms with E-state index >= 15 is 0 Å². The van der Waals surface area contributed by atoms with Crippen LogP contribution in [0, 0.1) is 0 Å². The fourth-order valence-corrected chi connectivity index (χ4v) is 4.60. The van der Waals surface area contributed by atoms with E-state index in [0.29, 0.717) is 12.0 Å². The van der Waals surface area contributed by atoms with Crippen molar-refractivity contribution in [3.05, 3.63) is 42.6 Å². The molecule has 2 fully saturated rings. The van der Waals surface area contributed by atoms with E-state index in [9.17, 15) is 0 Å². The van der Waals surface area contributed by atoms with Crippen LogP contribution in [0.5, 0.6) is 5.75 Å². The van der Waals surface area contributed by atoms with Crippen molar-refractivity contribution in [2.45, 2.75) is 57.6 Å². The number of rotatable bonds is 6. The monoisotopic (exact) mass is 448 g/mol. The summed E-state index contributed by atoms with van der Waals surface area (Å²) in [5.74, 6) is 2.14. The predicted octanol–water partition coefficient (Wildman–Crippen LogP) is 4.18. The second-order valence-electron chi connectivity index (χ2n) is 9.19. The summed E-state index contributed by atoms with van der Waals surface area (Å²) in [6, 6.07) is 6.70. The summed E-state index contributed by atoms with van der Waals surface area (Å²) in [4.78, 5) is 20.2. The standard InChI is InChI=1S/C25H32N6O2/c1-17(2)21-15-24(29-16-28-21)30-18-3-5-20(6-4-18)33-23-14-19(31-9-11-32-12-10-31)13-22-25(23)27-8-7-26-22/h7-8,13-18,20H,3-6,9-12H2,1-2H3,(H,28,29,30)/t18-,20+. The Hall–Kier alpha value is -3.00. The van der Waals surface area contributed by atoms with Gasteiger partial charge in [0.1, 0.15) is 23.4 Å². The van der Waals surface area contributed by atoms with E-state index in [1.807, 2.05) is 0 Å². The first-order valence-electron chi connectivity index (χ1n) is 12.0. The van der Waals surface area contributed by atoms with Gasteiger partial charge in [-0.3, -0.25) is 4.98 Å². The number of nitrogens with zero attached hydrogens (tertiary/aromatic N) is 5.